The Hall–Kier alpha value is -0.790. The van der Waals surface area contributed by atoms with Crippen molar-refractivity contribution in [1.82, 2.24) is 0 Å². The van der Waals surface area contributed by atoms with Gasteiger partial charge in [0.2, 0.25) is 0 Å². The zero-order valence-corrected chi connectivity index (χ0v) is 5.39. The molecule has 0 aromatic heterocycles. The van der Waals surface area contributed by atoms with E-state index in [0.717, 1.165) is 5.70 Å². The fraction of sp³-hybridized carbons (Fsp3) is 0.500. The summed E-state index contributed by atoms with van der Waals surface area (Å²) >= 11 is 0. The van der Waals surface area contributed by atoms with Crippen molar-refractivity contribution in [3.05, 3.63) is 11.8 Å². The van der Waals surface area contributed by atoms with Crippen LogP contribution in [0.1, 0.15) is 13.8 Å². The van der Waals surface area contributed by atoms with E-state index in [-0.39, 0.29) is 0 Å². The summed E-state index contributed by atoms with van der Waals surface area (Å²) in [5.74, 6) is 0.398. The van der Waals surface area contributed by atoms with Gasteiger partial charge < -0.3 is 5.73 Å². The van der Waals surface area contributed by atoms with Gasteiger partial charge in [-0.15, -0.1) is 0 Å². The number of hydrogen-bond donors (Lipinski definition) is 2. The summed E-state index contributed by atoms with van der Waals surface area (Å²) in [5, 5.41) is 5.09. The van der Waals surface area contributed by atoms with E-state index in [9.17, 15) is 0 Å². The molecule has 2 nitrogen and oxygen atoms in total. The van der Waals surface area contributed by atoms with E-state index in [2.05, 4.69) is 0 Å². The van der Waals surface area contributed by atoms with E-state index < -0.39 is 0 Å². The molecule has 0 spiro atoms. The molecule has 0 aliphatic rings. The second-order valence-corrected chi connectivity index (χ2v) is 2.01. The molecule has 0 saturated heterocycles. The SMILES string of the molecule is CC(C)/C(N)=C/C=[NH2+]. The maximum atomic E-state index is 5.48. The van der Waals surface area contributed by atoms with E-state index in [1.165, 1.54) is 6.21 Å². The summed E-state index contributed by atoms with van der Waals surface area (Å²) in [5.41, 5.74) is 6.30. The molecule has 0 aromatic rings. The van der Waals surface area contributed by atoms with E-state index in [1.54, 1.807) is 6.08 Å². The van der Waals surface area contributed by atoms with Crippen molar-refractivity contribution >= 4 is 6.21 Å². The van der Waals surface area contributed by atoms with Crippen LogP contribution in [0.2, 0.25) is 0 Å². The van der Waals surface area contributed by atoms with Crippen LogP contribution in [0.5, 0.6) is 0 Å². The van der Waals surface area contributed by atoms with Crippen LogP contribution in [-0.4, -0.2) is 6.21 Å². The van der Waals surface area contributed by atoms with Crippen LogP contribution in [0.15, 0.2) is 11.8 Å². The molecule has 0 bridgehead atoms. The highest BCUT2D eigenvalue weighted by molar-refractivity contribution is 5.65. The molecule has 4 N–H and O–H groups in total. The van der Waals surface area contributed by atoms with Crippen LogP contribution in [0.4, 0.5) is 0 Å². The Morgan fingerprint density at radius 1 is 1.62 bits per heavy atom. The van der Waals surface area contributed by atoms with Crippen molar-refractivity contribution in [2.24, 2.45) is 11.7 Å². The molecule has 8 heavy (non-hydrogen) atoms. The minimum atomic E-state index is 0.398. The van der Waals surface area contributed by atoms with Crippen LogP contribution in [-0.2, 0) is 0 Å². The third-order valence-electron chi connectivity index (χ3n) is 0.955. The molecule has 0 aliphatic carbocycles. The quantitative estimate of drug-likeness (QED) is 0.458. The van der Waals surface area contributed by atoms with Crippen LogP contribution in [0.25, 0.3) is 0 Å². The van der Waals surface area contributed by atoms with Gasteiger partial charge in [0.1, 0.15) is 0 Å². The van der Waals surface area contributed by atoms with Gasteiger partial charge in [-0.25, -0.2) is 0 Å². The zero-order chi connectivity index (χ0) is 6.57. The first-order valence-electron chi connectivity index (χ1n) is 2.69. The van der Waals surface area contributed by atoms with Crippen molar-refractivity contribution in [3.8, 4) is 0 Å². The van der Waals surface area contributed by atoms with Crippen LogP contribution in [0, 0.1) is 5.92 Å². The average Bonchev–Trinajstić information content (AvgIpc) is 1.67. The van der Waals surface area contributed by atoms with Gasteiger partial charge in [-0.2, -0.15) is 0 Å². The number of nitrogens with two attached hydrogens (primary N) is 2. The van der Waals surface area contributed by atoms with Gasteiger partial charge >= 0.3 is 0 Å². The van der Waals surface area contributed by atoms with Crippen LogP contribution >= 0.6 is 0 Å². The zero-order valence-electron chi connectivity index (χ0n) is 5.39. The smallest absolute Gasteiger partial charge is 0.161 e. The second-order valence-electron chi connectivity index (χ2n) is 2.01. The van der Waals surface area contributed by atoms with Crippen molar-refractivity contribution < 1.29 is 5.41 Å². The maximum Gasteiger partial charge on any atom is 0.161 e. The van der Waals surface area contributed by atoms with Crippen molar-refractivity contribution in [1.29, 1.82) is 0 Å². The highest BCUT2D eigenvalue weighted by atomic mass is 14.6. The highest BCUT2D eigenvalue weighted by Crippen LogP contribution is 1.98. The molecule has 0 heterocycles. The molecular formula is C6H13N2+. The first kappa shape index (κ1) is 7.21. The first-order chi connectivity index (χ1) is 3.68. The van der Waals surface area contributed by atoms with Gasteiger partial charge in [-0.1, -0.05) is 13.8 Å². The molecule has 0 amide bonds. The predicted octanol–water partition coefficient (Wildman–Crippen LogP) is -0.685. The number of rotatable bonds is 2. The van der Waals surface area contributed by atoms with E-state index >= 15 is 0 Å². The molecule has 0 aromatic carbocycles. The lowest BCUT2D eigenvalue weighted by Gasteiger charge is -1.99. The summed E-state index contributed by atoms with van der Waals surface area (Å²) in [7, 11) is 0. The molecule has 0 aliphatic heterocycles. The molecule has 0 atom stereocenters. The number of allylic oxidation sites excluding steroid dienone is 2. The van der Waals surface area contributed by atoms with Gasteiger partial charge in [0.15, 0.2) is 6.21 Å². The molecule has 2 heteroatoms. The minimum Gasteiger partial charge on any atom is -0.402 e. The summed E-state index contributed by atoms with van der Waals surface area (Å²) in [6, 6.07) is 0. The van der Waals surface area contributed by atoms with Crippen molar-refractivity contribution in [2.75, 3.05) is 0 Å². The monoisotopic (exact) mass is 113 g/mol. The summed E-state index contributed by atoms with van der Waals surface area (Å²) in [4.78, 5) is 0. The molecule has 46 valence electrons. The molecule has 0 radical (unpaired) electrons. The normalized spacial score (nSPS) is 12.1. The molecular weight excluding hydrogens is 100 g/mol. The molecule has 0 fully saturated rings. The number of hydrogen-bond acceptors (Lipinski definition) is 1. The van der Waals surface area contributed by atoms with Crippen molar-refractivity contribution in [3.63, 3.8) is 0 Å². The van der Waals surface area contributed by atoms with Gasteiger partial charge in [0, 0.05) is 11.8 Å². The van der Waals surface area contributed by atoms with Crippen LogP contribution < -0.4 is 11.1 Å². The Morgan fingerprint density at radius 2 is 2.12 bits per heavy atom. The third-order valence-corrected chi connectivity index (χ3v) is 0.955. The fourth-order valence-electron chi connectivity index (χ4n) is 0.304. The van der Waals surface area contributed by atoms with Gasteiger partial charge in [0.05, 0.1) is 0 Å². The summed E-state index contributed by atoms with van der Waals surface area (Å²) < 4.78 is 0. The predicted molar refractivity (Wildman–Crippen MR) is 35.1 cm³/mol. The van der Waals surface area contributed by atoms with E-state index in [1.807, 2.05) is 13.8 Å². The largest absolute Gasteiger partial charge is 0.402 e. The third kappa shape index (κ3) is 2.39. The fourth-order valence-corrected chi connectivity index (χ4v) is 0.304. The molecule has 0 saturated carbocycles. The lowest BCUT2D eigenvalue weighted by molar-refractivity contribution is -0.104. The van der Waals surface area contributed by atoms with Gasteiger partial charge in [-0.05, 0) is 5.92 Å². The second kappa shape index (κ2) is 3.24. The first-order valence-corrected chi connectivity index (χ1v) is 2.69. The van der Waals surface area contributed by atoms with Crippen LogP contribution in [0.3, 0.4) is 0 Å². The lowest BCUT2D eigenvalue weighted by Crippen LogP contribution is -2.29. The topological polar surface area (TPSA) is 51.6 Å². The molecule has 0 rings (SSSR count). The Labute approximate surface area is 49.9 Å². The molecule has 0 unspecified atom stereocenters. The average molecular weight is 113 g/mol. The Balaban J connectivity index is 3.78. The lowest BCUT2D eigenvalue weighted by atomic mass is 10.1. The van der Waals surface area contributed by atoms with E-state index in [0.29, 0.717) is 5.92 Å². The summed E-state index contributed by atoms with van der Waals surface area (Å²) in [6.45, 7) is 4.05. The van der Waals surface area contributed by atoms with Gasteiger partial charge in [0.25, 0.3) is 0 Å². The Bertz CT molecular complexity index is 103. The minimum absolute atomic E-state index is 0.398. The summed E-state index contributed by atoms with van der Waals surface area (Å²) in [6.07, 6.45) is 3.17. The Morgan fingerprint density at radius 3 is 2.25 bits per heavy atom. The van der Waals surface area contributed by atoms with Gasteiger partial charge in [-0.3, -0.25) is 5.41 Å². The Kier molecular flexibility index (Phi) is 2.92. The van der Waals surface area contributed by atoms with Crippen molar-refractivity contribution in [2.45, 2.75) is 13.8 Å². The highest BCUT2D eigenvalue weighted by Gasteiger charge is 1.93. The van der Waals surface area contributed by atoms with E-state index in [4.69, 9.17) is 11.1 Å². The maximum absolute atomic E-state index is 5.48. The standard InChI is InChI=1S/C6H12N2/c1-5(2)6(8)3-4-7/h3-5,7H,8H2,1-2H3/p+1/b6-3-,7-4?.